The summed E-state index contributed by atoms with van der Waals surface area (Å²) in [6.07, 6.45) is 4.69. The Hall–Kier alpha value is -2.26. The van der Waals surface area contributed by atoms with Crippen LogP contribution in [0.25, 0.3) is 32.6 Å². The van der Waals surface area contributed by atoms with E-state index in [1.807, 2.05) is 24.5 Å². The zero-order chi connectivity index (χ0) is 14.6. The van der Waals surface area contributed by atoms with Gasteiger partial charge in [0.25, 0.3) is 0 Å². The normalized spacial score (nSPS) is 11.7. The molecule has 0 aliphatic carbocycles. The largest absolute Gasteiger partial charge is 0.508 e. The van der Waals surface area contributed by atoms with Crippen molar-refractivity contribution in [2.75, 3.05) is 0 Å². The van der Waals surface area contributed by atoms with Crippen molar-refractivity contribution in [3.05, 3.63) is 47.2 Å². The number of halogens is 1. The molecule has 0 atom stereocenters. The number of aryl methyl sites for hydroxylation is 1. The molecule has 21 heavy (non-hydrogen) atoms. The Morgan fingerprint density at radius 1 is 1.19 bits per heavy atom. The summed E-state index contributed by atoms with van der Waals surface area (Å²) in [6.45, 7) is 2.12. The first-order valence-corrected chi connectivity index (χ1v) is 7.26. The zero-order valence-electron chi connectivity index (χ0n) is 11.4. The molecular formula is C17H13ClN2O. The van der Waals surface area contributed by atoms with E-state index in [2.05, 4.69) is 16.9 Å². The average molecular weight is 297 g/mol. The maximum absolute atomic E-state index is 9.72. The van der Waals surface area contributed by atoms with Gasteiger partial charge in [-0.05, 0) is 35.6 Å². The van der Waals surface area contributed by atoms with Gasteiger partial charge in [-0.1, -0.05) is 24.6 Å². The maximum Gasteiger partial charge on any atom is 0.117 e. The van der Waals surface area contributed by atoms with Crippen molar-refractivity contribution in [1.29, 1.82) is 0 Å². The van der Waals surface area contributed by atoms with Gasteiger partial charge in [0, 0.05) is 34.1 Å². The molecule has 2 N–H and O–H groups in total. The number of nitrogens with zero attached hydrogens (tertiary/aromatic N) is 1. The Morgan fingerprint density at radius 2 is 2.05 bits per heavy atom. The van der Waals surface area contributed by atoms with E-state index in [4.69, 9.17) is 11.6 Å². The van der Waals surface area contributed by atoms with Gasteiger partial charge in [-0.25, -0.2) is 0 Å². The van der Waals surface area contributed by atoms with Gasteiger partial charge in [0.1, 0.15) is 5.75 Å². The van der Waals surface area contributed by atoms with Crippen LogP contribution in [0.1, 0.15) is 12.5 Å². The molecule has 3 nitrogen and oxygen atoms in total. The smallest absolute Gasteiger partial charge is 0.117 e. The monoisotopic (exact) mass is 296 g/mol. The summed E-state index contributed by atoms with van der Waals surface area (Å²) in [5.74, 6) is 0.180. The van der Waals surface area contributed by atoms with Crippen molar-refractivity contribution in [2.24, 2.45) is 0 Å². The molecule has 0 unspecified atom stereocenters. The molecule has 4 heteroatoms. The average Bonchev–Trinajstić information content (AvgIpc) is 2.85. The topological polar surface area (TPSA) is 48.9 Å². The number of rotatable bonds is 1. The number of H-pyrrole nitrogens is 1. The summed E-state index contributed by atoms with van der Waals surface area (Å²) in [6, 6.07) is 7.31. The Balaban J connectivity index is 2.30. The van der Waals surface area contributed by atoms with Crippen molar-refractivity contribution in [2.45, 2.75) is 13.3 Å². The maximum atomic E-state index is 9.72. The third-order valence-electron chi connectivity index (χ3n) is 3.99. The van der Waals surface area contributed by atoms with Crippen molar-refractivity contribution in [3.63, 3.8) is 0 Å². The molecule has 0 bridgehead atoms. The first-order chi connectivity index (χ1) is 10.2. The van der Waals surface area contributed by atoms with Crippen LogP contribution < -0.4 is 0 Å². The first kappa shape index (κ1) is 12.5. The number of aromatic amines is 1. The molecule has 0 radical (unpaired) electrons. The van der Waals surface area contributed by atoms with E-state index < -0.39 is 0 Å². The SMILES string of the molecule is CCc1cncc2c1[nH]c1ccc3cc(O)cc(Cl)c3c12. The summed E-state index contributed by atoms with van der Waals surface area (Å²) in [5, 5.41) is 14.3. The third kappa shape index (κ3) is 1.71. The van der Waals surface area contributed by atoms with Crippen LogP contribution in [0.3, 0.4) is 0 Å². The van der Waals surface area contributed by atoms with E-state index in [-0.39, 0.29) is 5.75 Å². The number of hydrogen-bond donors (Lipinski definition) is 2. The highest BCUT2D eigenvalue weighted by molar-refractivity contribution is 6.39. The molecule has 4 aromatic rings. The zero-order valence-corrected chi connectivity index (χ0v) is 12.2. The van der Waals surface area contributed by atoms with E-state index in [0.29, 0.717) is 5.02 Å². The molecule has 2 aromatic heterocycles. The molecule has 0 saturated heterocycles. The molecule has 2 heterocycles. The van der Waals surface area contributed by atoms with Gasteiger partial charge in [0.2, 0.25) is 0 Å². The van der Waals surface area contributed by atoms with Gasteiger partial charge in [0.05, 0.1) is 10.5 Å². The summed E-state index contributed by atoms with van der Waals surface area (Å²) >= 11 is 6.38. The van der Waals surface area contributed by atoms with Crippen molar-refractivity contribution in [1.82, 2.24) is 9.97 Å². The molecule has 0 aliphatic rings. The number of aromatic hydroxyl groups is 1. The fourth-order valence-corrected chi connectivity index (χ4v) is 3.34. The van der Waals surface area contributed by atoms with Gasteiger partial charge >= 0.3 is 0 Å². The molecule has 0 fully saturated rings. The highest BCUT2D eigenvalue weighted by Crippen LogP contribution is 2.38. The minimum atomic E-state index is 0.180. The van der Waals surface area contributed by atoms with Crippen LogP contribution in [0.5, 0.6) is 5.75 Å². The van der Waals surface area contributed by atoms with Gasteiger partial charge in [-0.3, -0.25) is 4.98 Å². The van der Waals surface area contributed by atoms with E-state index in [1.165, 1.54) is 5.56 Å². The van der Waals surface area contributed by atoms with Crippen LogP contribution in [0.2, 0.25) is 5.02 Å². The van der Waals surface area contributed by atoms with Crippen LogP contribution in [-0.4, -0.2) is 15.1 Å². The van der Waals surface area contributed by atoms with Gasteiger partial charge < -0.3 is 10.1 Å². The lowest BCUT2D eigenvalue weighted by atomic mass is 10.0. The second-order valence-corrected chi connectivity index (χ2v) is 5.62. The molecule has 0 spiro atoms. The fraction of sp³-hybridized carbons (Fsp3) is 0.118. The van der Waals surface area contributed by atoms with E-state index in [1.54, 1.807) is 12.1 Å². The van der Waals surface area contributed by atoms with E-state index >= 15 is 0 Å². The van der Waals surface area contributed by atoms with Gasteiger partial charge in [-0.2, -0.15) is 0 Å². The quantitative estimate of drug-likeness (QED) is 0.530. The molecular weight excluding hydrogens is 284 g/mol. The van der Waals surface area contributed by atoms with Crippen LogP contribution in [0.15, 0.2) is 36.7 Å². The van der Waals surface area contributed by atoms with Crippen LogP contribution in [0.4, 0.5) is 0 Å². The van der Waals surface area contributed by atoms with Crippen molar-refractivity contribution in [3.8, 4) is 5.75 Å². The summed E-state index contributed by atoms with van der Waals surface area (Å²) in [4.78, 5) is 7.82. The molecule has 104 valence electrons. The van der Waals surface area contributed by atoms with Crippen molar-refractivity contribution < 1.29 is 5.11 Å². The number of nitrogens with one attached hydrogen (secondary N) is 1. The molecule has 2 aromatic carbocycles. The second-order valence-electron chi connectivity index (χ2n) is 5.21. The lowest BCUT2D eigenvalue weighted by molar-refractivity contribution is 0.476. The number of aromatic nitrogens is 2. The minimum Gasteiger partial charge on any atom is -0.508 e. The standard InChI is InChI=1S/C17H13ClN2O/c1-2-9-7-19-8-12-16-14(20-17(9)12)4-3-10-5-11(21)6-13(18)15(10)16/h3-8,20-21H,2H2,1H3. The van der Waals surface area contributed by atoms with Crippen molar-refractivity contribution >= 4 is 44.2 Å². The number of phenols is 1. The second kappa shape index (κ2) is 4.37. The minimum absolute atomic E-state index is 0.180. The number of hydrogen-bond acceptors (Lipinski definition) is 2. The fourth-order valence-electron chi connectivity index (χ4n) is 3.03. The summed E-state index contributed by atoms with van der Waals surface area (Å²) in [7, 11) is 0. The number of phenolic OH excluding ortho intramolecular Hbond substituents is 1. The predicted octanol–water partition coefficient (Wildman–Crippen LogP) is 4.79. The Labute approximate surface area is 126 Å². The molecule has 0 saturated carbocycles. The first-order valence-electron chi connectivity index (χ1n) is 6.88. The van der Waals surface area contributed by atoms with Crippen LogP contribution >= 0.6 is 11.6 Å². The lowest BCUT2D eigenvalue weighted by Gasteiger charge is -2.04. The Bertz CT molecular complexity index is 1000. The van der Waals surface area contributed by atoms with E-state index in [0.717, 1.165) is 39.0 Å². The highest BCUT2D eigenvalue weighted by Gasteiger charge is 2.13. The van der Waals surface area contributed by atoms with E-state index in [9.17, 15) is 5.11 Å². The third-order valence-corrected chi connectivity index (χ3v) is 4.29. The Morgan fingerprint density at radius 3 is 2.86 bits per heavy atom. The number of benzene rings is 2. The number of pyridine rings is 1. The predicted molar refractivity (Wildman–Crippen MR) is 87.2 cm³/mol. The van der Waals surface area contributed by atoms with Gasteiger partial charge in [0.15, 0.2) is 0 Å². The molecule has 4 rings (SSSR count). The highest BCUT2D eigenvalue weighted by atomic mass is 35.5. The van der Waals surface area contributed by atoms with Crippen LogP contribution in [0, 0.1) is 0 Å². The summed E-state index contributed by atoms with van der Waals surface area (Å²) < 4.78 is 0. The molecule has 0 aliphatic heterocycles. The summed E-state index contributed by atoms with van der Waals surface area (Å²) in [5.41, 5.74) is 3.33. The lowest BCUT2D eigenvalue weighted by Crippen LogP contribution is -1.84. The van der Waals surface area contributed by atoms with Crippen LogP contribution in [-0.2, 0) is 6.42 Å². The number of fused-ring (bicyclic) bond motifs is 5. The molecule has 0 amide bonds. The van der Waals surface area contributed by atoms with Gasteiger partial charge in [-0.15, -0.1) is 0 Å². The Kier molecular flexibility index (Phi) is 2.59.